The molecule has 12 heteroatoms. The van der Waals surface area contributed by atoms with Gasteiger partial charge in [-0.3, -0.25) is 14.4 Å². The van der Waals surface area contributed by atoms with E-state index in [1.54, 1.807) is 0 Å². The summed E-state index contributed by atoms with van der Waals surface area (Å²) in [6, 6.07) is 4.48. The van der Waals surface area contributed by atoms with Crippen LogP contribution in [0.5, 0.6) is 0 Å². The summed E-state index contributed by atoms with van der Waals surface area (Å²) >= 11 is 0. The van der Waals surface area contributed by atoms with Crippen LogP contribution in [0.25, 0.3) is 0 Å². The van der Waals surface area contributed by atoms with Crippen molar-refractivity contribution in [1.82, 2.24) is 10.8 Å². The van der Waals surface area contributed by atoms with Gasteiger partial charge in [0, 0.05) is 18.2 Å². The minimum Gasteiger partial charge on any atom is -0.395 e. The van der Waals surface area contributed by atoms with E-state index in [0.29, 0.717) is 0 Å². The number of halogens is 3. The van der Waals surface area contributed by atoms with E-state index < -0.39 is 46.8 Å². The van der Waals surface area contributed by atoms with Crippen molar-refractivity contribution >= 4 is 29.4 Å². The summed E-state index contributed by atoms with van der Waals surface area (Å²) in [5.41, 5.74) is 0.270. The maximum atomic E-state index is 15.0. The predicted octanol–water partition coefficient (Wildman–Crippen LogP) is 1.97. The fourth-order valence-corrected chi connectivity index (χ4v) is 2.51. The third kappa shape index (κ3) is 6.96. The Labute approximate surface area is 192 Å². The molecule has 0 saturated carbocycles. The van der Waals surface area contributed by atoms with Gasteiger partial charge < -0.3 is 20.6 Å². The van der Waals surface area contributed by atoms with Crippen molar-refractivity contribution in [2.75, 3.05) is 32.2 Å². The van der Waals surface area contributed by atoms with Crippen LogP contribution in [0, 0.1) is 29.8 Å². The quantitative estimate of drug-likeness (QED) is 0.170. The summed E-state index contributed by atoms with van der Waals surface area (Å²) in [5, 5.41) is 17.0. The maximum absolute atomic E-state index is 15.0. The number of carbonyl (C=O) groups is 2. The summed E-state index contributed by atoms with van der Waals surface area (Å²) in [6.07, 6.45) is 6.00. The highest BCUT2D eigenvalue weighted by Crippen LogP contribution is 2.30. The summed E-state index contributed by atoms with van der Waals surface area (Å²) in [6.45, 7) is -0.815. The second-order valence-corrected chi connectivity index (χ2v) is 6.47. The summed E-state index contributed by atoms with van der Waals surface area (Å²) in [7, 11) is 1.44. The van der Waals surface area contributed by atoms with Gasteiger partial charge in [0.1, 0.15) is 12.4 Å². The molecule has 0 saturated heterocycles. The van der Waals surface area contributed by atoms with E-state index in [1.165, 1.54) is 19.2 Å². The number of oxime groups is 1. The van der Waals surface area contributed by atoms with Crippen LogP contribution in [0.3, 0.4) is 0 Å². The molecule has 0 aromatic heterocycles. The topological polar surface area (TPSA) is 121 Å². The van der Waals surface area contributed by atoms with E-state index in [-0.39, 0.29) is 36.8 Å². The Hall–Kier alpha value is -4.08. The SMILES string of the molecule is C#Cc1ccc(Nc2c(C(=O)NOCCO)cc(C=NOCCC(=O)NC)c(F)c2F)c(F)c1. The molecule has 0 bridgehead atoms. The first kappa shape index (κ1) is 26.2. The van der Waals surface area contributed by atoms with Crippen molar-refractivity contribution in [1.29, 1.82) is 0 Å². The van der Waals surface area contributed by atoms with Crippen LogP contribution >= 0.6 is 0 Å². The number of aliphatic hydroxyl groups excluding tert-OH is 1. The van der Waals surface area contributed by atoms with E-state index in [0.717, 1.165) is 18.3 Å². The van der Waals surface area contributed by atoms with Crippen molar-refractivity contribution in [3.63, 3.8) is 0 Å². The van der Waals surface area contributed by atoms with Crippen molar-refractivity contribution in [2.24, 2.45) is 5.16 Å². The Balaban J connectivity index is 2.39. The van der Waals surface area contributed by atoms with Crippen LogP contribution in [-0.2, 0) is 14.5 Å². The Bertz CT molecular complexity index is 1120. The molecule has 34 heavy (non-hydrogen) atoms. The average Bonchev–Trinajstić information content (AvgIpc) is 2.83. The van der Waals surface area contributed by atoms with Crippen LogP contribution < -0.4 is 16.1 Å². The third-order valence-electron chi connectivity index (χ3n) is 4.20. The maximum Gasteiger partial charge on any atom is 0.277 e. The minimum absolute atomic E-state index is 0.0204. The second-order valence-electron chi connectivity index (χ2n) is 6.47. The molecule has 2 aromatic carbocycles. The fourth-order valence-electron chi connectivity index (χ4n) is 2.51. The Morgan fingerprint density at radius 1 is 1.21 bits per heavy atom. The van der Waals surface area contributed by atoms with Crippen molar-refractivity contribution < 1.29 is 37.5 Å². The zero-order valence-electron chi connectivity index (χ0n) is 18.0. The largest absolute Gasteiger partial charge is 0.395 e. The molecular formula is C22H21F3N4O5. The van der Waals surface area contributed by atoms with Gasteiger partial charge >= 0.3 is 0 Å². The Kier molecular flexibility index (Phi) is 9.88. The summed E-state index contributed by atoms with van der Waals surface area (Å²) < 4.78 is 44.0. The van der Waals surface area contributed by atoms with E-state index in [1.807, 2.05) is 5.48 Å². The van der Waals surface area contributed by atoms with E-state index in [9.17, 15) is 22.8 Å². The number of hydrogen-bond donors (Lipinski definition) is 4. The normalized spacial score (nSPS) is 10.6. The number of carbonyl (C=O) groups excluding carboxylic acids is 2. The van der Waals surface area contributed by atoms with E-state index in [4.69, 9.17) is 21.2 Å². The lowest BCUT2D eigenvalue weighted by molar-refractivity contribution is -0.121. The molecule has 0 atom stereocenters. The molecule has 4 N–H and O–H groups in total. The van der Waals surface area contributed by atoms with Gasteiger partial charge in [0.2, 0.25) is 5.91 Å². The molecule has 0 aliphatic carbocycles. The number of aliphatic hydroxyl groups is 1. The number of nitrogens with zero attached hydrogens (tertiary/aromatic N) is 1. The molecule has 2 aromatic rings. The number of anilines is 2. The molecule has 0 aliphatic rings. The number of hydroxylamine groups is 1. The molecular weight excluding hydrogens is 457 g/mol. The van der Waals surface area contributed by atoms with Crippen LogP contribution in [0.4, 0.5) is 24.5 Å². The van der Waals surface area contributed by atoms with Gasteiger partial charge in [-0.15, -0.1) is 6.42 Å². The highest BCUT2D eigenvalue weighted by Gasteiger charge is 2.23. The van der Waals surface area contributed by atoms with E-state index >= 15 is 0 Å². The van der Waals surface area contributed by atoms with Gasteiger partial charge in [-0.2, -0.15) is 0 Å². The monoisotopic (exact) mass is 478 g/mol. The van der Waals surface area contributed by atoms with Gasteiger partial charge in [-0.05, 0) is 24.3 Å². The lowest BCUT2D eigenvalue weighted by Crippen LogP contribution is -2.26. The number of rotatable bonds is 11. The Morgan fingerprint density at radius 2 is 1.97 bits per heavy atom. The average molecular weight is 478 g/mol. The molecule has 0 heterocycles. The van der Waals surface area contributed by atoms with Crippen molar-refractivity contribution in [3.05, 3.63) is 58.4 Å². The smallest absolute Gasteiger partial charge is 0.277 e. The van der Waals surface area contributed by atoms with Gasteiger partial charge in [-0.25, -0.2) is 18.7 Å². The number of terminal acetylenes is 1. The van der Waals surface area contributed by atoms with Gasteiger partial charge in [0.15, 0.2) is 11.6 Å². The number of amides is 2. The minimum atomic E-state index is -1.51. The molecule has 2 rings (SSSR count). The second kappa shape index (κ2) is 12.8. The summed E-state index contributed by atoms with van der Waals surface area (Å²) in [4.78, 5) is 33.2. The number of hydrogen-bond acceptors (Lipinski definition) is 7. The van der Waals surface area contributed by atoms with Crippen LogP contribution in [-0.4, -0.2) is 50.0 Å². The van der Waals surface area contributed by atoms with E-state index in [2.05, 4.69) is 21.7 Å². The van der Waals surface area contributed by atoms with Crippen LogP contribution in [0.15, 0.2) is 29.4 Å². The fraction of sp³-hybridized carbons (Fsp3) is 0.227. The molecule has 0 spiro atoms. The molecule has 0 unspecified atom stereocenters. The van der Waals surface area contributed by atoms with Crippen molar-refractivity contribution in [3.8, 4) is 12.3 Å². The first-order valence-electron chi connectivity index (χ1n) is 9.76. The van der Waals surface area contributed by atoms with Crippen LogP contribution in [0.1, 0.15) is 27.9 Å². The zero-order valence-corrected chi connectivity index (χ0v) is 18.0. The molecule has 0 aliphatic heterocycles. The first-order valence-corrected chi connectivity index (χ1v) is 9.76. The standard InChI is InChI=1S/C22H21F3N4O5/c1-3-13-4-5-17(16(23)10-13)28-21-15(22(32)29-34-9-7-30)11-14(19(24)20(21)25)12-27-33-8-6-18(31)26-2/h1,4-5,10-12,28,30H,6-9H2,2H3,(H,26,31)(H,29,32). The highest BCUT2D eigenvalue weighted by molar-refractivity contribution is 6.01. The van der Waals surface area contributed by atoms with Gasteiger partial charge in [0.05, 0.1) is 42.8 Å². The number of nitrogens with one attached hydrogen (secondary N) is 3. The molecule has 9 nitrogen and oxygen atoms in total. The van der Waals surface area contributed by atoms with Crippen molar-refractivity contribution in [2.45, 2.75) is 6.42 Å². The number of benzene rings is 2. The summed E-state index contributed by atoms with van der Waals surface area (Å²) in [5.74, 6) is -2.89. The third-order valence-corrected chi connectivity index (χ3v) is 4.20. The molecule has 0 fully saturated rings. The van der Waals surface area contributed by atoms with Gasteiger partial charge in [0.25, 0.3) is 5.91 Å². The van der Waals surface area contributed by atoms with Crippen LogP contribution in [0.2, 0.25) is 0 Å². The lowest BCUT2D eigenvalue weighted by atomic mass is 10.1. The molecule has 180 valence electrons. The predicted molar refractivity (Wildman–Crippen MR) is 117 cm³/mol. The van der Waals surface area contributed by atoms with Gasteiger partial charge in [-0.1, -0.05) is 11.1 Å². The Morgan fingerprint density at radius 3 is 2.62 bits per heavy atom. The molecule has 0 radical (unpaired) electrons. The highest BCUT2D eigenvalue weighted by atomic mass is 19.2. The molecule has 2 amide bonds. The lowest BCUT2D eigenvalue weighted by Gasteiger charge is -2.15. The first-order chi connectivity index (χ1) is 16.3. The zero-order chi connectivity index (χ0) is 25.1.